The fourth-order valence-corrected chi connectivity index (χ4v) is 1.75. The number of ether oxygens (including phenoxy) is 3. The first-order chi connectivity index (χ1) is 9.12. The van der Waals surface area contributed by atoms with E-state index in [2.05, 4.69) is 9.97 Å². The second kappa shape index (κ2) is 5.11. The van der Waals surface area contributed by atoms with Crippen LogP contribution in [0.5, 0.6) is 11.8 Å². The first-order valence-electron chi connectivity index (χ1n) is 5.35. The number of nitrogens with zero attached hydrogens (tertiary/aromatic N) is 3. The molecule has 0 bridgehead atoms. The number of rotatable bonds is 5. The van der Waals surface area contributed by atoms with Crippen molar-refractivity contribution in [2.75, 3.05) is 21.3 Å². The summed E-state index contributed by atoms with van der Waals surface area (Å²) < 4.78 is 16.4. The van der Waals surface area contributed by atoms with Crippen LogP contribution in [0.15, 0.2) is 6.07 Å². The van der Waals surface area contributed by atoms with Gasteiger partial charge < -0.3 is 19.3 Å². The summed E-state index contributed by atoms with van der Waals surface area (Å²) in [4.78, 5) is 19.6. The number of aromatic carboxylic acids is 1. The van der Waals surface area contributed by atoms with E-state index >= 15 is 0 Å². The number of carboxylic acid groups (broad SMARTS) is 1. The third-order valence-electron chi connectivity index (χ3n) is 2.51. The van der Waals surface area contributed by atoms with Gasteiger partial charge in [0.15, 0.2) is 5.69 Å². The second-order valence-electron chi connectivity index (χ2n) is 3.62. The number of carbonyl (C=O) groups is 1. The van der Waals surface area contributed by atoms with Crippen LogP contribution in [0.4, 0.5) is 0 Å². The highest BCUT2D eigenvalue weighted by Gasteiger charge is 2.22. The smallest absolute Gasteiger partial charge is 0.355 e. The zero-order chi connectivity index (χ0) is 14.0. The predicted molar refractivity (Wildman–Crippen MR) is 63.8 cm³/mol. The lowest BCUT2D eigenvalue weighted by Gasteiger charge is -2.07. The molecule has 0 atom stereocenters. The zero-order valence-electron chi connectivity index (χ0n) is 10.7. The maximum atomic E-state index is 11.4. The van der Waals surface area contributed by atoms with Crippen molar-refractivity contribution in [1.29, 1.82) is 0 Å². The van der Waals surface area contributed by atoms with E-state index in [4.69, 9.17) is 14.2 Å². The molecular weight excluding hydrogens is 254 g/mol. The number of hydrogen-bond acceptors (Lipinski definition) is 6. The molecule has 1 N–H and O–H groups in total. The van der Waals surface area contributed by atoms with E-state index in [1.807, 2.05) is 0 Å². The standard InChI is InChI=1S/C11H13N3O5/c1-17-5-6-9(10(15)16)14-8(19-3)4-7(18-2)13-11(14)12-6/h4H,5H2,1-3H3,(H,15,16). The van der Waals surface area contributed by atoms with Gasteiger partial charge >= 0.3 is 5.97 Å². The van der Waals surface area contributed by atoms with E-state index in [9.17, 15) is 9.90 Å². The Morgan fingerprint density at radius 3 is 2.58 bits per heavy atom. The monoisotopic (exact) mass is 267 g/mol. The second-order valence-corrected chi connectivity index (χ2v) is 3.62. The highest BCUT2D eigenvalue weighted by atomic mass is 16.5. The SMILES string of the molecule is COCc1nc2nc(OC)cc(OC)n2c1C(=O)O. The molecule has 0 aliphatic heterocycles. The molecule has 2 aromatic rings. The summed E-state index contributed by atoms with van der Waals surface area (Å²) in [6, 6.07) is 1.48. The minimum Gasteiger partial charge on any atom is -0.482 e. The fourth-order valence-electron chi connectivity index (χ4n) is 1.75. The lowest BCUT2D eigenvalue weighted by atomic mass is 10.3. The summed E-state index contributed by atoms with van der Waals surface area (Å²) >= 11 is 0. The number of aromatic nitrogens is 3. The summed E-state index contributed by atoms with van der Waals surface area (Å²) in [5.74, 6) is -0.394. The number of hydrogen-bond donors (Lipinski definition) is 1. The molecule has 0 saturated heterocycles. The Labute approximate surface area is 108 Å². The van der Waals surface area contributed by atoms with Gasteiger partial charge in [0.2, 0.25) is 17.5 Å². The van der Waals surface area contributed by atoms with Gasteiger partial charge in [0.1, 0.15) is 5.69 Å². The lowest BCUT2D eigenvalue weighted by molar-refractivity contribution is 0.0682. The fraction of sp³-hybridized carbons (Fsp3) is 0.364. The lowest BCUT2D eigenvalue weighted by Crippen LogP contribution is -2.08. The van der Waals surface area contributed by atoms with Gasteiger partial charge in [-0.3, -0.25) is 0 Å². The van der Waals surface area contributed by atoms with Crippen LogP contribution < -0.4 is 9.47 Å². The summed E-state index contributed by atoms with van der Waals surface area (Å²) in [6.07, 6.45) is 0. The minimum absolute atomic E-state index is 0.0381. The quantitative estimate of drug-likeness (QED) is 0.847. The van der Waals surface area contributed by atoms with Crippen LogP contribution in [0.25, 0.3) is 5.78 Å². The number of methoxy groups -OCH3 is 3. The summed E-state index contributed by atoms with van der Waals surface area (Å²) in [6.45, 7) is 0.0659. The Balaban J connectivity index is 2.79. The predicted octanol–water partition coefficient (Wildman–Crippen LogP) is 0.591. The molecule has 19 heavy (non-hydrogen) atoms. The van der Waals surface area contributed by atoms with E-state index in [1.165, 1.54) is 31.8 Å². The number of imidazole rings is 1. The molecule has 2 heterocycles. The molecule has 2 rings (SSSR count). The molecule has 0 amide bonds. The third-order valence-corrected chi connectivity index (χ3v) is 2.51. The Morgan fingerprint density at radius 1 is 1.32 bits per heavy atom. The highest BCUT2D eigenvalue weighted by Crippen LogP contribution is 2.23. The number of carboxylic acids is 1. The molecule has 0 fully saturated rings. The van der Waals surface area contributed by atoms with E-state index in [0.29, 0.717) is 0 Å². The summed E-state index contributed by atoms with van der Waals surface area (Å²) in [7, 11) is 4.34. The van der Waals surface area contributed by atoms with Crippen molar-refractivity contribution in [1.82, 2.24) is 14.4 Å². The van der Waals surface area contributed by atoms with Gasteiger partial charge in [-0.1, -0.05) is 0 Å². The molecule has 2 aromatic heterocycles. The van der Waals surface area contributed by atoms with Crippen molar-refractivity contribution in [2.24, 2.45) is 0 Å². The zero-order valence-corrected chi connectivity index (χ0v) is 10.7. The summed E-state index contributed by atoms with van der Waals surface area (Å²) in [5.41, 5.74) is 0.234. The molecule has 0 saturated carbocycles. The van der Waals surface area contributed by atoms with Crippen molar-refractivity contribution in [3.8, 4) is 11.8 Å². The first kappa shape index (κ1) is 13.1. The minimum atomic E-state index is -1.13. The van der Waals surface area contributed by atoms with Gasteiger partial charge in [0, 0.05) is 7.11 Å². The molecule has 102 valence electrons. The molecule has 0 aromatic carbocycles. The third kappa shape index (κ3) is 2.17. The van der Waals surface area contributed by atoms with Gasteiger partial charge in [0.05, 0.1) is 26.9 Å². The van der Waals surface area contributed by atoms with Crippen molar-refractivity contribution >= 4 is 11.7 Å². The van der Waals surface area contributed by atoms with Gasteiger partial charge in [-0.25, -0.2) is 14.2 Å². The molecule has 0 unspecified atom stereocenters. The normalized spacial score (nSPS) is 10.7. The molecule has 8 nitrogen and oxygen atoms in total. The van der Waals surface area contributed by atoms with Crippen LogP contribution >= 0.6 is 0 Å². The molecule has 0 aliphatic carbocycles. The van der Waals surface area contributed by atoms with Gasteiger partial charge in [-0.15, -0.1) is 0 Å². The van der Waals surface area contributed by atoms with Crippen molar-refractivity contribution < 1.29 is 24.1 Å². The van der Waals surface area contributed by atoms with Crippen LogP contribution in [-0.4, -0.2) is 46.8 Å². The largest absolute Gasteiger partial charge is 0.482 e. The maximum absolute atomic E-state index is 11.4. The molecule has 0 aliphatic rings. The molecule has 0 radical (unpaired) electrons. The average molecular weight is 267 g/mol. The Bertz CT molecular complexity index is 622. The van der Waals surface area contributed by atoms with Crippen molar-refractivity contribution in [3.63, 3.8) is 0 Å². The van der Waals surface area contributed by atoms with E-state index in [0.717, 1.165) is 0 Å². The Morgan fingerprint density at radius 2 is 2.05 bits per heavy atom. The van der Waals surface area contributed by atoms with Crippen LogP contribution in [0.3, 0.4) is 0 Å². The Hall–Kier alpha value is -2.35. The first-order valence-corrected chi connectivity index (χ1v) is 5.35. The molecule has 0 spiro atoms. The molecule has 8 heteroatoms. The topological polar surface area (TPSA) is 95.2 Å². The summed E-state index contributed by atoms with van der Waals surface area (Å²) in [5, 5.41) is 9.29. The average Bonchev–Trinajstić information content (AvgIpc) is 2.75. The number of fused-ring (bicyclic) bond motifs is 1. The Kier molecular flexibility index (Phi) is 3.52. The van der Waals surface area contributed by atoms with Gasteiger partial charge in [-0.05, 0) is 0 Å². The van der Waals surface area contributed by atoms with E-state index in [1.54, 1.807) is 0 Å². The van der Waals surface area contributed by atoms with Crippen LogP contribution in [0.2, 0.25) is 0 Å². The van der Waals surface area contributed by atoms with E-state index in [-0.39, 0.29) is 35.5 Å². The molecular formula is C11H13N3O5. The van der Waals surface area contributed by atoms with Gasteiger partial charge in [-0.2, -0.15) is 4.98 Å². The van der Waals surface area contributed by atoms with Crippen molar-refractivity contribution in [2.45, 2.75) is 6.61 Å². The van der Waals surface area contributed by atoms with Gasteiger partial charge in [0.25, 0.3) is 0 Å². The van der Waals surface area contributed by atoms with Crippen LogP contribution in [0.1, 0.15) is 16.2 Å². The van der Waals surface area contributed by atoms with Crippen molar-refractivity contribution in [3.05, 3.63) is 17.5 Å². The maximum Gasteiger partial charge on any atom is 0.355 e. The van der Waals surface area contributed by atoms with Crippen LogP contribution in [0, 0.1) is 0 Å². The van der Waals surface area contributed by atoms with Crippen LogP contribution in [-0.2, 0) is 11.3 Å². The highest BCUT2D eigenvalue weighted by molar-refractivity contribution is 5.88. The van der Waals surface area contributed by atoms with E-state index < -0.39 is 5.97 Å².